The van der Waals surface area contributed by atoms with Crippen molar-refractivity contribution in [3.63, 3.8) is 0 Å². The topological polar surface area (TPSA) is 57.5 Å². The second kappa shape index (κ2) is 3.75. The minimum Gasteiger partial charge on any atom is -0.412 e. The summed E-state index contributed by atoms with van der Waals surface area (Å²) in [5.74, 6) is 0. The van der Waals surface area contributed by atoms with E-state index in [-0.39, 0.29) is 16.4 Å². The first-order chi connectivity index (χ1) is 4.96. The Morgan fingerprint density at radius 1 is 1.00 bits per heavy atom. The van der Waals surface area contributed by atoms with Crippen molar-refractivity contribution in [2.24, 2.45) is 11.1 Å². The lowest BCUT2D eigenvalue weighted by Gasteiger charge is -2.44. The minimum absolute atomic E-state index is 0. The summed E-state index contributed by atoms with van der Waals surface area (Å²) < 4.78 is 0. The van der Waals surface area contributed by atoms with Gasteiger partial charge in [0.25, 0.3) is 0 Å². The second-order valence-electron chi connectivity index (χ2n) is 4.97. The van der Waals surface area contributed by atoms with Crippen molar-refractivity contribution < 1.29 is 5.48 Å². The molecule has 0 radical (unpaired) electrons. The highest BCUT2D eigenvalue weighted by Gasteiger charge is 2.38. The molecule has 0 aromatic heterocycles. The second-order valence-corrected chi connectivity index (χ2v) is 4.97. The van der Waals surface area contributed by atoms with Crippen LogP contribution in [0.15, 0.2) is 0 Å². The van der Waals surface area contributed by atoms with Crippen LogP contribution >= 0.6 is 0 Å². The molecule has 2 nitrogen and oxygen atoms in total. The largest absolute Gasteiger partial charge is 0.412 e. The predicted octanol–water partition coefficient (Wildman–Crippen LogP) is 1.87. The summed E-state index contributed by atoms with van der Waals surface area (Å²) in [7, 11) is 0. The van der Waals surface area contributed by atoms with E-state index in [0.717, 1.165) is 0 Å². The van der Waals surface area contributed by atoms with Gasteiger partial charge in [-0.3, -0.25) is 0 Å². The van der Waals surface area contributed by atoms with Crippen molar-refractivity contribution in [1.29, 1.82) is 0 Å². The monoisotopic (exact) mass is 173 g/mol. The van der Waals surface area contributed by atoms with Gasteiger partial charge in [0.15, 0.2) is 0 Å². The molecule has 0 atom stereocenters. The molecule has 2 heteroatoms. The standard InChI is InChI=1S/C10H21N.H2O/c1-9(2,3)10(11)7-5-4-6-8-10;/h4-8,11H2,1-3H3;1H2. The maximum atomic E-state index is 6.34. The van der Waals surface area contributed by atoms with Crippen LogP contribution in [0.2, 0.25) is 0 Å². The van der Waals surface area contributed by atoms with E-state index in [1.165, 1.54) is 32.1 Å². The van der Waals surface area contributed by atoms with Crippen molar-refractivity contribution in [2.45, 2.75) is 58.4 Å². The molecule has 0 amide bonds. The van der Waals surface area contributed by atoms with Gasteiger partial charge in [0.1, 0.15) is 0 Å². The first kappa shape index (κ1) is 11.9. The Balaban J connectivity index is 0.00000121. The molecule has 0 aromatic rings. The highest BCUT2D eigenvalue weighted by atomic mass is 16.0. The molecule has 12 heavy (non-hydrogen) atoms. The Morgan fingerprint density at radius 3 is 1.67 bits per heavy atom. The molecule has 1 aliphatic carbocycles. The normalized spacial score (nSPS) is 23.0. The first-order valence-corrected chi connectivity index (χ1v) is 4.75. The molecule has 1 fully saturated rings. The van der Waals surface area contributed by atoms with Crippen LogP contribution in [0.3, 0.4) is 0 Å². The fourth-order valence-corrected chi connectivity index (χ4v) is 1.93. The average molecular weight is 173 g/mol. The smallest absolute Gasteiger partial charge is 0.0203 e. The molecular weight excluding hydrogens is 150 g/mol. The lowest BCUT2D eigenvalue weighted by Crippen LogP contribution is -2.52. The zero-order valence-corrected chi connectivity index (χ0v) is 8.61. The van der Waals surface area contributed by atoms with E-state index in [0.29, 0.717) is 0 Å². The quantitative estimate of drug-likeness (QED) is 0.597. The van der Waals surface area contributed by atoms with Crippen LogP contribution in [0.4, 0.5) is 0 Å². The third kappa shape index (κ3) is 2.20. The molecule has 0 heterocycles. The van der Waals surface area contributed by atoms with Crippen LogP contribution in [0.1, 0.15) is 52.9 Å². The van der Waals surface area contributed by atoms with E-state index in [1.807, 2.05) is 0 Å². The van der Waals surface area contributed by atoms with Crippen molar-refractivity contribution in [2.75, 3.05) is 0 Å². The molecule has 1 rings (SSSR count). The SMILES string of the molecule is CC(C)(C)C1(N)CCCCC1.O. The molecule has 1 aliphatic rings. The molecule has 0 unspecified atom stereocenters. The van der Waals surface area contributed by atoms with E-state index >= 15 is 0 Å². The number of rotatable bonds is 0. The maximum absolute atomic E-state index is 6.34. The fraction of sp³-hybridized carbons (Fsp3) is 1.00. The van der Waals surface area contributed by atoms with Gasteiger partial charge < -0.3 is 11.2 Å². The first-order valence-electron chi connectivity index (χ1n) is 4.75. The third-order valence-corrected chi connectivity index (χ3v) is 3.24. The molecule has 1 saturated carbocycles. The van der Waals surface area contributed by atoms with Crippen molar-refractivity contribution in [3.8, 4) is 0 Å². The minimum atomic E-state index is 0. The van der Waals surface area contributed by atoms with E-state index in [2.05, 4.69) is 20.8 Å². The highest BCUT2D eigenvalue weighted by molar-refractivity contribution is 4.96. The summed E-state index contributed by atoms with van der Waals surface area (Å²) in [6.07, 6.45) is 6.48. The van der Waals surface area contributed by atoms with Crippen LogP contribution in [-0.4, -0.2) is 11.0 Å². The highest BCUT2D eigenvalue weighted by Crippen LogP contribution is 2.39. The summed E-state index contributed by atoms with van der Waals surface area (Å²) in [5, 5.41) is 0. The van der Waals surface area contributed by atoms with Crippen LogP contribution < -0.4 is 5.73 Å². The lowest BCUT2D eigenvalue weighted by atomic mass is 9.66. The van der Waals surface area contributed by atoms with Gasteiger partial charge in [-0.05, 0) is 18.3 Å². The van der Waals surface area contributed by atoms with Gasteiger partial charge in [0, 0.05) is 5.54 Å². The molecule has 0 bridgehead atoms. The summed E-state index contributed by atoms with van der Waals surface area (Å²) >= 11 is 0. The molecule has 0 aromatic carbocycles. The Labute approximate surface area is 75.8 Å². The van der Waals surface area contributed by atoms with Crippen molar-refractivity contribution in [1.82, 2.24) is 0 Å². The maximum Gasteiger partial charge on any atom is 0.0203 e. The Hall–Kier alpha value is -0.0800. The molecular formula is C10H23NO. The van der Waals surface area contributed by atoms with Crippen LogP contribution in [0.25, 0.3) is 0 Å². The lowest BCUT2D eigenvalue weighted by molar-refractivity contribution is 0.133. The zero-order valence-electron chi connectivity index (χ0n) is 8.61. The van der Waals surface area contributed by atoms with Crippen LogP contribution in [-0.2, 0) is 0 Å². The number of hydrogen-bond acceptors (Lipinski definition) is 1. The van der Waals surface area contributed by atoms with Gasteiger partial charge >= 0.3 is 0 Å². The third-order valence-electron chi connectivity index (χ3n) is 3.24. The Bertz CT molecular complexity index is 131. The predicted molar refractivity (Wildman–Crippen MR) is 53.1 cm³/mol. The van der Waals surface area contributed by atoms with Gasteiger partial charge in [0.05, 0.1) is 0 Å². The fourth-order valence-electron chi connectivity index (χ4n) is 1.93. The van der Waals surface area contributed by atoms with Gasteiger partial charge in [-0.15, -0.1) is 0 Å². The van der Waals surface area contributed by atoms with Gasteiger partial charge in [-0.1, -0.05) is 40.0 Å². The van der Waals surface area contributed by atoms with Crippen molar-refractivity contribution in [3.05, 3.63) is 0 Å². The number of nitrogens with two attached hydrogens (primary N) is 1. The summed E-state index contributed by atoms with van der Waals surface area (Å²) in [5.41, 5.74) is 6.74. The van der Waals surface area contributed by atoms with E-state index in [1.54, 1.807) is 0 Å². The van der Waals surface area contributed by atoms with Gasteiger partial charge in [-0.25, -0.2) is 0 Å². The van der Waals surface area contributed by atoms with Gasteiger partial charge in [0.2, 0.25) is 0 Å². The van der Waals surface area contributed by atoms with Crippen LogP contribution in [0.5, 0.6) is 0 Å². The molecule has 4 N–H and O–H groups in total. The van der Waals surface area contributed by atoms with E-state index in [9.17, 15) is 0 Å². The molecule has 0 saturated heterocycles. The summed E-state index contributed by atoms with van der Waals surface area (Å²) in [4.78, 5) is 0. The molecule has 74 valence electrons. The molecule has 0 aliphatic heterocycles. The average Bonchev–Trinajstić information content (AvgIpc) is 1.87. The molecule has 0 spiro atoms. The Morgan fingerprint density at radius 2 is 1.42 bits per heavy atom. The zero-order chi connectivity index (χ0) is 8.54. The Kier molecular flexibility index (Phi) is 3.73. The van der Waals surface area contributed by atoms with Crippen molar-refractivity contribution >= 4 is 0 Å². The van der Waals surface area contributed by atoms with Crippen LogP contribution in [0, 0.1) is 5.41 Å². The van der Waals surface area contributed by atoms with E-state index < -0.39 is 0 Å². The summed E-state index contributed by atoms with van der Waals surface area (Å²) in [6.45, 7) is 6.79. The summed E-state index contributed by atoms with van der Waals surface area (Å²) in [6, 6.07) is 0. The van der Waals surface area contributed by atoms with Gasteiger partial charge in [-0.2, -0.15) is 0 Å². The van der Waals surface area contributed by atoms with E-state index in [4.69, 9.17) is 5.73 Å². The number of hydrogen-bond donors (Lipinski definition) is 1.